The molecule has 0 saturated carbocycles. The third kappa shape index (κ3) is 6.00. The van der Waals surface area contributed by atoms with E-state index in [1.54, 1.807) is 0 Å². The third-order valence-electron chi connectivity index (χ3n) is 4.39. The molecule has 0 radical (unpaired) electrons. The second-order valence-corrected chi connectivity index (χ2v) is 7.69. The van der Waals surface area contributed by atoms with E-state index < -0.39 is 33.8 Å². The van der Waals surface area contributed by atoms with Crippen LogP contribution in [-0.4, -0.2) is 30.1 Å². The molecule has 0 aromatic heterocycles. The molecule has 0 aliphatic heterocycles. The zero-order valence-corrected chi connectivity index (χ0v) is 17.0. The Labute approximate surface area is 164 Å². The van der Waals surface area contributed by atoms with Crippen molar-refractivity contribution in [2.24, 2.45) is 11.8 Å². The first-order valence-corrected chi connectivity index (χ1v) is 9.29. The van der Waals surface area contributed by atoms with E-state index in [4.69, 9.17) is 9.47 Å². The molecule has 28 heavy (non-hydrogen) atoms. The lowest BCUT2D eigenvalue weighted by atomic mass is 9.82. The fraction of sp³-hybridized carbons (Fsp3) is 0.600. The number of nitro groups is 1. The molecule has 0 aliphatic rings. The van der Waals surface area contributed by atoms with Crippen LogP contribution in [0.2, 0.25) is 0 Å². The Morgan fingerprint density at radius 3 is 1.89 bits per heavy atom. The van der Waals surface area contributed by atoms with Crippen LogP contribution in [0.1, 0.15) is 53.0 Å². The van der Waals surface area contributed by atoms with Crippen LogP contribution < -0.4 is 0 Å². The molecule has 8 heteroatoms. The Hall–Kier alpha value is -2.51. The molecule has 0 atom stereocenters. The first kappa shape index (κ1) is 23.5. The summed E-state index contributed by atoms with van der Waals surface area (Å²) in [5.74, 6) is -2.33. The van der Waals surface area contributed by atoms with Crippen LogP contribution in [0.3, 0.4) is 0 Å². The number of esters is 2. The largest absolute Gasteiger partial charge is 0.465 e. The molecular weight excluding hydrogens is 369 g/mol. The highest BCUT2D eigenvalue weighted by Gasteiger charge is 2.47. The van der Waals surface area contributed by atoms with Crippen molar-refractivity contribution < 1.29 is 28.4 Å². The molecule has 1 aromatic carbocycles. The third-order valence-corrected chi connectivity index (χ3v) is 4.39. The number of hydrogen-bond donors (Lipinski definition) is 0. The van der Waals surface area contributed by atoms with Crippen molar-refractivity contribution in [2.45, 2.75) is 52.9 Å². The Balaban J connectivity index is 3.19. The lowest BCUT2D eigenvalue weighted by Crippen LogP contribution is -2.44. The maximum atomic E-state index is 14.1. The Kier molecular flexibility index (Phi) is 8.53. The predicted molar refractivity (Wildman–Crippen MR) is 101 cm³/mol. The summed E-state index contributed by atoms with van der Waals surface area (Å²) in [6.45, 7) is 9.31. The van der Waals surface area contributed by atoms with E-state index in [0.717, 1.165) is 12.1 Å². The number of halogens is 1. The van der Waals surface area contributed by atoms with Crippen LogP contribution in [0.5, 0.6) is 0 Å². The van der Waals surface area contributed by atoms with Gasteiger partial charge in [-0.3, -0.25) is 19.7 Å². The Morgan fingerprint density at radius 2 is 1.54 bits per heavy atom. The summed E-state index contributed by atoms with van der Waals surface area (Å²) >= 11 is 0. The maximum absolute atomic E-state index is 14.1. The Bertz CT molecular complexity index is 691. The van der Waals surface area contributed by atoms with Gasteiger partial charge in [0.1, 0.15) is 0 Å². The van der Waals surface area contributed by atoms with Gasteiger partial charge >= 0.3 is 17.6 Å². The van der Waals surface area contributed by atoms with Gasteiger partial charge in [-0.05, 0) is 43.2 Å². The zero-order chi connectivity index (χ0) is 21.5. The van der Waals surface area contributed by atoms with Crippen molar-refractivity contribution in [2.75, 3.05) is 13.2 Å². The molecule has 7 nitrogen and oxygen atoms in total. The standard InChI is InChI=1S/C20H28FNO6/c1-13(2)8-10-27-18(23)20(5,19(24)28-11-9-14(3)4)15-6-7-17(22(25)26)16(21)12-15/h6-7,12-14H,8-11H2,1-5H3. The highest BCUT2D eigenvalue weighted by atomic mass is 19.1. The van der Waals surface area contributed by atoms with Crippen LogP contribution >= 0.6 is 0 Å². The molecule has 0 heterocycles. The molecule has 156 valence electrons. The number of nitrogens with zero attached hydrogens (tertiary/aromatic N) is 1. The number of benzene rings is 1. The topological polar surface area (TPSA) is 95.7 Å². The minimum absolute atomic E-state index is 0.0558. The molecule has 0 fully saturated rings. The minimum Gasteiger partial charge on any atom is -0.465 e. The number of hydrogen-bond acceptors (Lipinski definition) is 6. The van der Waals surface area contributed by atoms with E-state index in [-0.39, 0.29) is 30.6 Å². The van der Waals surface area contributed by atoms with Gasteiger partial charge in [0.2, 0.25) is 5.82 Å². The average Bonchev–Trinajstić information content (AvgIpc) is 2.59. The van der Waals surface area contributed by atoms with Gasteiger partial charge in [-0.25, -0.2) is 0 Å². The number of carbonyl (C=O) groups excluding carboxylic acids is 2. The molecule has 1 rings (SSSR count). The number of ether oxygens (including phenoxy) is 2. The summed E-state index contributed by atoms with van der Waals surface area (Å²) in [4.78, 5) is 35.4. The van der Waals surface area contributed by atoms with Crippen LogP contribution in [0.15, 0.2) is 18.2 Å². The summed E-state index contributed by atoms with van der Waals surface area (Å²) in [5, 5.41) is 10.8. The van der Waals surface area contributed by atoms with E-state index >= 15 is 0 Å². The summed E-state index contributed by atoms with van der Waals surface area (Å²) in [6, 6.07) is 2.91. The van der Waals surface area contributed by atoms with Crippen LogP contribution in [0.4, 0.5) is 10.1 Å². The lowest BCUT2D eigenvalue weighted by Gasteiger charge is -2.26. The molecule has 0 saturated heterocycles. The van der Waals surface area contributed by atoms with Crippen molar-refractivity contribution in [3.05, 3.63) is 39.7 Å². The molecule has 0 spiro atoms. The smallest absolute Gasteiger partial charge is 0.327 e. The number of nitro benzene ring substituents is 1. The second kappa shape index (κ2) is 10.1. The molecule has 0 bridgehead atoms. The van der Waals surface area contributed by atoms with Crippen molar-refractivity contribution in [3.63, 3.8) is 0 Å². The summed E-state index contributed by atoms with van der Waals surface area (Å²) in [6.07, 6.45) is 1.19. The van der Waals surface area contributed by atoms with Crippen molar-refractivity contribution in [1.29, 1.82) is 0 Å². The van der Waals surface area contributed by atoms with E-state index in [2.05, 4.69) is 0 Å². The first-order chi connectivity index (χ1) is 13.0. The Morgan fingerprint density at radius 1 is 1.07 bits per heavy atom. The van der Waals surface area contributed by atoms with Crippen LogP contribution in [0.25, 0.3) is 0 Å². The van der Waals surface area contributed by atoms with Gasteiger partial charge in [0, 0.05) is 6.07 Å². The SMILES string of the molecule is CC(C)CCOC(=O)C(C)(C(=O)OCCC(C)C)c1ccc([N+](=O)[O-])c(F)c1. The van der Waals surface area contributed by atoms with Gasteiger partial charge in [0.15, 0.2) is 5.41 Å². The van der Waals surface area contributed by atoms with Gasteiger partial charge in [0.25, 0.3) is 0 Å². The summed E-state index contributed by atoms with van der Waals surface area (Å²) < 4.78 is 24.6. The maximum Gasteiger partial charge on any atom is 0.327 e. The van der Waals surface area contributed by atoms with Crippen LogP contribution in [0, 0.1) is 27.8 Å². The van der Waals surface area contributed by atoms with Crippen molar-refractivity contribution in [3.8, 4) is 0 Å². The first-order valence-electron chi connectivity index (χ1n) is 9.29. The highest BCUT2D eigenvalue weighted by Crippen LogP contribution is 2.31. The van der Waals surface area contributed by atoms with Gasteiger partial charge in [-0.15, -0.1) is 0 Å². The van der Waals surface area contributed by atoms with Gasteiger partial charge < -0.3 is 9.47 Å². The normalized spacial score (nSPS) is 11.6. The zero-order valence-electron chi connectivity index (χ0n) is 17.0. The fourth-order valence-corrected chi connectivity index (χ4v) is 2.35. The molecule has 1 aromatic rings. The lowest BCUT2D eigenvalue weighted by molar-refractivity contribution is -0.387. The quantitative estimate of drug-likeness (QED) is 0.254. The predicted octanol–water partition coefficient (Wildman–Crippen LogP) is 4.17. The van der Waals surface area contributed by atoms with Gasteiger partial charge in [-0.2, -0.15) is 4.39 Å². The van der Waals surface area contributed by atoms with Gasteiger partial charge in [0.05, 0.1) is 18.1 Å². The van der Waals surface area contributed by atoms with E-state index in [9.17, 15) is 24.1 Å². The second-order valence-electron chi connectivity index (χ2n) is 7.69. The van der Waals surface area contributed by atoms with E-state index in [0.29, 0.717) is 12.8 Å². The van der Waals surface area contributed by atoms with Gasteiger partial charge in [-0.1, -0.05) is 33.8 Å². The molecule has 0 amide bonds. The minimum atomic E-state index is -1.93. The van der Waals surface area contributed by atoms with E-state index in [1.807, 2.05) is 27.7 Å². The molecule has 0 N–H and O–H groups in total. The van der Waals surface area contributed by atoms with E-state index in [1.165, 1.54) is 13.0 Å². The monoisotopic (exact) mass is 397 g/mol. The highest BCUT2D eigenvalue weighted by molar-refractivity contribution is 6.05. The van der Waals surface area contributed by atoms with Crippen molar-refractivity contribution >= 4 is 17.6 Å². The molecular formula is C20H28FNO6. The van der Waals surface area contributed by atoms with Crippen molar-refractivity contribution in [1.82, 2.24) is 0 Å². The number of rotatable bonds is 10. The summed E-state index contributed by atoms with van der Waals surface area (Å²) in [7, 11) is 0. The fourth-order valence-electron chi connectivity index (χ4n) is 2.35. The molecule has 0 aliphatic carbocycles. The summed E-state index contributed by atoms with van der Waals surface area (Å²) in [5.41, 5.74) is -2.73. The molecule has 0 unspecified atom stereocenters. The average molecular weight is 397 g/mol. The van der Waals surface area contributed by atoms with Crippen LogP contribution in [-0.2, 0) is 24.5 Å². The number of carbonyl (C=O) groups is 2.